The lowest BCUT2D eigenvalue weighted by Gasteiger charge is -2.06. The predicted octanol–water partition coefficient (Wildman–Crippen LogP) is 3.57. The summed E-state index contributed by atoms with van der Waals surface area (Å²) >= 11 is 0. The summed E-state index contributed by atoms with van der Waals surface area (Å²) in [7, 11) is 1.91. The zero-order valence-electron chi connectivity index (χ0n) is 12.3. The van der Waals surface area contributed by atoms with Crippen molar-refractivity contribution >= 4 is 5.82 Å². The molecule has 0 aliphatic rings. The second-order valence-corrected chi connectivity index (χ2v) is 5.63. The Kier molecular flexibility index (Phi) is 3.93. The summed E-state index contributed by atoms with van der Waals surface area (Å²) in [6.45, 7) is 6.57. The van der Waals surface area contributed by atoms with E-state index in [0.717, 1.165) is 29.9 Å². The Morgan fingerprint density at radius 3 is 2.68 bits per heavy atom. The topological polar surface area (TPSA) is 43.8 Å². The number of aromatic nitrogens is 2. The van der Waals surface area contributed by atoms with E-state index in [2.05, 4.69) is 50.1 Å². The highest BCUT2D eigenvalue weighted by atomic mass is 15.3. The van der Waals surface area contributed by atoms with E-state index in [1.807, 2.05) is 7.05 Å². The minimum Gasteiger partial charge on any atom is -0.383 e. The minimum absolute atomic E-state index is 0.675. The van der Waals surface area contributed by atoms with E-state index < -0.39 is 0 Å². The third-order valence-corrected chi connectivity index (χ3v) is 3.43. The molecule has 102 valence electrons. The Morgan fingerprint density at radius 1 is 1.32 bits per heavy atom. The molecule has 3 nitrogen and oxygen atoms in total. The average Bonchev–Trinajstić information content (AvgIpc) is 2.63. The summed E-state index contributed by atoms with van der Waals surface area (Å²) in [6.07, 6.45) is 2.11. The van der Waals surface area contributed by atoms with Gasteiger partial charge in [-0.15, -0.1) is 0 Å². The van der Waals surface area contributed by atoms with Crippen LogP contribution in [0.5, 0.6) is 0 Å². The highest BCUT2D eigenvalue weighted by molar-refractivity contribution is 5.77. The average molecular weight is 257 g/mol. The third kappa shape index (κ3) is 2.98. The standard InChI is InChI=1S/C16H23N3/c1-11(2)8-9-14-15(16(17)19(4)18-14)13-7-5-6-12(3)10-13/h5-7,10-11H,8-9,17H2,1-4H3. The van der Waals surface area contributed by atoms with Gasteiger partial charge in [0.2, 0.25) is 0 Å². The van der Waals surface area contributed by atoms with Crippen molar-refractivity contribution < 1.29 is 0 Å². The van der Waals surface area contributed by atoms with Crippen LogP contribution in [0.1, 0.15) is 31.5 Å². The maximum atomic E-state index is 6.19. The van der Waals surface area contributed by atoms with Crippen molar-refractivity contribution in [3.8, 4) is 11.1 Å². The van der Waals surface area contributed by atoms with Crippen LogP contribution in [0.15, 0.2) is 24.3 Å². The molecule has 19 heavy (non-hydrogen) atoms. The molecule has 0 atom stereocenters. The van der Waals surface area contributed by atoms with Gasteiger partial charge in [0, 0.05) is 12.6 Å². The fourth-order valence-corrected chi connectivity index (χ4v) is 2.31. The third-order valence-electron chi connectivity index (χ3n) is 3.43. The largest absolute Gasteiger partial charge is 0.383 e. The van der Waals surface area contributed by atoms with Gasteiger partial charge in [-0.25, -0.2) is 0 Å². The second-order valence-electron chi connectivity index (χ2n) is 5.63. The van der Waals surface area contributed by atoms with Crippen LogP contribution in [-0.4, -0.2) is 9.78 Å². The Hall–Kier alpha value is -1.77. The van der Waals surface area contributed by atoms with Crippen LogP contribution in [0.3, 0.4) is 0 Å². The van der Waals surface area contributed by atoms with Crippen molar-refractivity contribution in [2.24, 2.45) is 13.0 Å². The molecule has 2 rings (SSSR count). The lowest BCUT2D eigenvalue weighted by atomic mass is 9.99. The number of benzene rings is 1. The van der Waals surface area contributed by atoms with Crippen LogP contribution in [0.25, 0.3) is 11.1 Å². The fraction of sp³-hybridized carbons (Fsp3) is 0.438. The van der Waals surface area contributed by atoms with Crippen molar-refractivity contribution in [3.05, 3.63) is 35.5 Å². The first-order valence-electron chi connectivity index (χ1n) is 6.87. The Labute approximate surface area is 115 Å². The molecule has 1 aromatic heterocycles. The van der Waals surface area contributed by atoms with Crippen molar-refractivity contribution in [2.45, 2.75) is 33.6 Å². The summed E-state index contributed by atoms with van der Waals surface area (Å²) in [4.78, 5) is 0. The number of hydrogen-bond donors (Lipinski definition) is 1. The SMILES string of the molecule is Cc1cccc(-c2c(CCC(C)C)nn(C)c2N)c1. The van der Waals surface area contributed by atoms with Crippen LogP contribution in [0.4, 0.5) is 5.82 Å². The summed E-state index contributed by atoms with van der Waals surface area (Å²) in [5.41, 5.74) is 10.8. The van der Waals surface area contributed by atoms with Gasteiger partial charge in [-0.3, -0.25) is 4.68 Å². The molecule has 1 heterocycles. The van der Waals surface area contributed by atoms with Crippen molar-refractivity contribution in [3.63, 3.8) is 0 Å². The number of nitrogen functional groups attached to an aromatic ring is 1. The summed E-state index contributed by atoms with van der Waals surface area (Å²) in [6, 6.07) is 8.46. The molecule has 0 radical (unpaired) electrons. The van der Waals surface area contributed by atoms with Crippen LogP contribution in [-0.2, 0) is 13.5 Å². The molecule has 1 aromatic carbocycles. The maximum Gasteiger partial charge on any atom is 0.129 e. The van der Waals surface area contributed by atoms with E-state index >= 15 is 0 Å². The number of nitrogens with zero attached hydrogens (tertiary/aromatic N) is 2. The van der Waals surface area contributed by atoms with Gasteiger partial charge in [0.15, 0.2) is 0 Å². The first-order chi connectivity index (χ1) is 8.99. The lowest BCUT2D eigenvalue weighted by Crippen LogP contribution is -1.98. The zero-order chi connectivity index (χ0) is 14.0. The van der Waals surface area contributed by atoms with Gasteiger partial charge in [0.25, 0.3) is 0 Å². The molecule has 0 aliphatic heterocycles. The van der Waals surface area contributed by atoms with Crippen molar-refractivity contribution in [1.29, 1.82) is 0 Å². The molecule has 0 unspecified atom stereocenters. The van der Waals surface area contributed by atoms with E-state index in [0.29, 0.717) is 5.92 Å². The minimum atomic E-state index is 0.675. The first kappa shape index (κ1) is 13.7. The zero-order valence-corrected chi connectivity index (χ0v) is 12.3. The maximum absolute atomic E-state index is 6.19. The van der Waals surface area contributed by atoms with Crippen molar-refractivity contribution in [2.75, 3.05) is 5.73 Å². The van der Waals surface area contributed by atoms with E-state index in [-0.39, 0.29) is 0 Å². The van der Waals surface area contributed by atoms with E-state index in [9.17, 15) is 0 Å². The quantitative estimate of drug-likeness (QED) is 0.910. The number of aryl methyl sites for hydroxylation is 3. The fourth-order valence-electron chi connectivity index (χ4n) is 2.31. The van der Waals surface area contributed by atoms with Gasteiger partial charge >= 0.3 is 0 Å². The molecule has 0 saturated carbocycles. The Balaban J connectivity index is 2.43. The van der Waals surface area contributed by atoms with E-state index in [4.69, 9.17) is 5.73 Å². The molecule has 0 saturated heterocycles. The molecule has 2 aromatic rings. The highest BCUT2D eigenvalue weighted by Gasteiger charge is 2.15. The van der Waals surface area contributed by atoms with Gasteiger partial charge in [-0.2, -0.15) is 5.10 Å². The van der Waals surface area contributed by atoms with Gasteiger partial charge in [-0.05, 0) is 31.2 Å². The molecule has 0 fully saturated rings. The molecule has 0 amide bonds. The van der Waals surface area contributed by atoms with Crippen LogP contribution in [0.2, 0.25) is 0 Å². The van der Waals surface area contributed by atoms with Gasteiger partial charge < -0.3 is 5.73 Å². The van der Waals surface area contributed by atoms with Crippen LogP contribution >= 0.6 is 0 Å². The monoisotopic (exact) mass is 257 g/mol. The Bertz CT molecular complexity index is 567. The molecular formula is C16H23N3. The number of anilines is 1. The Morgan fingerprint density at radius 2 is 2.05 bits per heavy atom. The van der Waals surface area contributed by atoms with Crippen LogP contribution in [0, 0.1) is 12.8 Å². The summed E-state index contributed by atoms with van der Waals surface area (Å²) in [5.74, 6) is 1.43. The molecule has 3 heteroatoms. The smallest absolute Gasteiger partial charge is 0.129 e. The van der Waals surface area contributed by atoms with Gasteiger partial charge in [-0.1, -0.05) is 43.7 Å². The second kappa shape index (κ2) is 5.47. The van der Waals surface area contributed by atoms with Crippen LogP contribution < -0.4 is 5.73 Å². The van der Waals surface area contributed by atoms with Gasteiger partial charge in [0.05, 0.1) is 5.69 Å². The van der Waals surface area contributed by atoms with Crippen molar-refractivity contribution in [1.82, 2.24) is 9.78 Å². The molecule has 0 spiro atoms. The summed E-state index contributed by atoms with van der Waals surface area (Å²) < 4.78 is 1.79. The van der Waals surface area contributed by atoms with E-state index in [1.54, 1.807) is 4.68 Å². The summed E-state index contributed by atoms with van der Waals surface area (Å²) in [5, 5.41) is 4.58. The highest BCUT2D eigenvalue weighted by Crippen LogP contribution is 2.31. The first-order valence-corrected chi connectivity index (χ1v) is 6.87. The number of rotatable bonds is 4. The number of hydrogen-bond acceptors (Lipinski definition) is 2. The van der Waals surface area contributed by atoms with Gasteiger partial charge in [0.1, 0.15) is 5.82 Å². The molecule has 2 N–H and O–H groups in total. The normalized spacial score (nSPS) is 11.2. The molecular weight excluding hydrogens is 234 g/mol. The molecule has 0 aliphatic carbocycles. The predicted molar refractivity (Wildman–Crippen MR) is 81.0 cm³/mol. The lowest BCUT2D eigenvalue weighted by molar-refractivity contribution is 0.577. The number of nitrogens with two attached hydrogens (primary N) is 1. The van der Waals surface area contributed by atoms with E-state index in [1.165, 1.54) is 11.1 Å². The molecule has 0 bridgehead atoms.